The Morgan fingerprint density at radius 1 is 1.39 bits per heavy atom. The van der Waals surface area contributed by atoms with E-state index in [1.54, 1.807) is 6.07 Å². The zero-order chi connectivity index (χ0) is 13.5. The minimum atomic E-state index is -0.847. The molecule has 1 fully saturated rings. The van der Waals surface area contributed by atoms with Gasteiger partial charge in [0.15, 0.2) is 11.5 Å². The third-order valence-electron chi connectivity index (χ3n) is 3.50. The molecule has 98 valence electrons. The molecule has 5 heteroatoms. The highest BCUT2D eigenvalue weighted by Gasteiger charge is 2.54. The molecule has 1 saturated carbocycles. The van der Waals surface area contributed by atoms with Crippen molar-refractivity contribution in [2.45, 2.75) is 25.2 Å². The molecule has 0 aliphatic heterocycles. The molecule has 0 radical (unpaired) electrons. The highest BCUT2D eigenvalue weighted by Crippen LogP contribution is 2.54. The van der Waals surface area contributed by atoms with Crippen molar-refractivity contribution in [3.63, 3.8) is 0 Å². The van der Waals surface area contributed by atoms with Crippen LogP contribution in [-0.4, -0.2) is 25.3 Å². The maximum Gasteiger partial charge on any atom is 0.314 e. The van der Waals surface area contributed by atoms with Crippen LogP contribution in [0.3, 0.4) is 0 Å². The van der Waals surface area contributed by atoms with Crippen molar-refractivity contribution in [3.05, 3.63) is 22.2 Å². The van der Waals surface area contributed by atoms with Gasteiger partial charge in [-0.25, -0.2) is 0 Å². The average molecular weight is 271 g/mol. The van der Waals surface area contributed by atoms with Gasteiger partial charge in [0.25, 0.3) is 0 Å². The molecule has 0 heterocycles. The van der Waals surface area contributed by atoms with Crippen LogP contribution in [0.1, 0.15) is 24.0 Å². The highest BCUT2D eigenvalue weighted by molar-refractivity contribution is 6.32. The van der Waals surface area contributed by atoms with E-state index in [1.807, 2.05) is 6.92 Å². The van der Waals surface area contributed by atoms with E-state index in [0.29, 0.717) is 34.9 Å². The van der Waals surface area contributed by atoms with Crippen LogP contribution in [0, 0.1) is 6.92 Å². The first-order chi connectivity index (χ1) is 8.47. The van der Waals surface area contributed by atoms with Crippen LogP contribution in [0.15, 0.2) is 6.07 Å². The second-order valence-electron chi connectivity index (χ2n) is 4.48. The lowest BCUT2D eigenvalue weighted by molar-refractivity contribution is -0.140. The number of methoxy groups -OCH3 is 2. The number of ether oxygens (including phenoxy) is 2. The van der Waals surface area contributed by atoms with E-state index in [1.165, 1.54) is 14.2 Å². The van der Waals surface area contributed by atoms with Crippen LogP contribution in [0.25, 0.3) is 0 Å². The Bertz CT molecular complexity index is 506. The first-order valence-corrected chi connectivity index (χ1v) is 6.00. The summed E-state index contributed by atoms with van der Waals surface area (Å²) in [6, 6.07) is 1.62. The zero-order valence-corrected chi connectivity index (χ0v) is 11.3. The molecule has 0 amide bonds. The summed E-state index contributed by atoms with van der Waals surface area (Å²) in [5.74, 6) is 0.231. The minimum Gasteiger partial charge on any atom is -0.493 e. The molecule has 1 aliphatic rings. The van der Waals surface area contributed by atoms with Crippen LogP contribution >= 0.6 is 11.6 Å². The first-order valence-electron chi connectivity index (χ1n) is 5.63. The van der Waals surface area contributed by atoms with Gasteiger partial charge in [-0.2, -0.15) is 0 Å². The molecule has 0 aromatic heterocycles. The number of aliphatic carboxylic acids is 1. The predicted octanol–water partition coefficient (Wildman–Crippen LogP) is 2.78. The van der Waals surface area contributed by atoms with Crippen molar-refractivity contribution < 1.29 is 19.4 Å². The monoisotopic (exact) mass is 270 g/mol. The Balaban J connectivity index is 2.66. The van der Waals surface area contributed by atoms with Crippen molar-refractivity contribution in [1.29, 1.82) is 0 Å². The largest absolute Gasteiger partial charge is 0.493 e. The molecule has 2 rings (SSSR count). The Morgan fingerprint density at radius 2 is 2.00 bits per heavy atom. The molecule has 0 unspecified atom stereocenters. The second kappa shape index (κ2) is 4.35. The van der Waals surface area contributed by atoms with Crippen molar-refractivity contribution >= 4 is 17.6 Å². The fraction of sp³-hybridized carbons (Fsp3) is 0.462. The highest BCUT2D eigenvalue weighted by atomic mass is 35.5. The van der Waals surface area contributed by atoms with Crippen LogP contribution < -0.4 is 9.47 Å². The summed E-state index contributed by atoms with van der Waals surface area (Å²) in [5, 5.41) is 9.79. The lowest BCUT2D eigenvalue weighted by Gasteiger charge is -2.20. The minimum absolute atomic E-state index is 0.421. The molecule has 0 bridgehead atoms. The van der Waals surface area contributed by atoms with E-state index in [9.17, 15) is 9.90 Å². The van der Waals surface area contributed by atoms with Gasteiger partial charge in [-0.05, 0) is 25.3 Å². The molecule has 1 N–H and O–H groups in total. The van der Waals surface area contributed by atoms with Crippen molar-refractivity contribution in [2.75, 3.05) is 14.2 Å². The Kier molecular flexibility index (Phi) is 3.15. The van der Waals surface area contributed by atoms with E-state index < -0.39 is 11.4 Å². The van der Waals surface area contributed by atoms with Gasteiger partial charge in [0.2, 0.25) is 0 Å². The zero-order valence-electron chi connectivity index (χ0n) is 10.5. The fourth-order valence-corrected chi connectivity index (χ4v) is 2.84. The normalized spacial score (nSPS) is 16.2. The average Bonchev–Trinajstić information content (AvgIpc) is 3.09. The first kappa shape index (κ1) is 13.0. The van der Waals surface area contributed by atoms with Gasteiger partial charge < -0.3 is 14.6 Å². The third-order valence-corrected chi connectivity index (χ3v) is 3.80. The van der Waals surface area contributed by atoms with E-state index in [4.69, 9.17) is 21.1 Å². The van der Waals surface area contributed by atoms with Gasteiger partial charge >= 0.3 is 5.97 Å². The Labute approximate surface area is 110 Å². The summed E-state index contributed by atoms with van der Waals surface area (Å²) in [6.07, 6.45) is 1.22. The molecule has 1 aromatic carbocycles. The van der Waals surface area contributed by atoms with E-state index >= 15 is 0 Å². The van der Waals surface area contributed by atoms with Crippen molar-refractivity contribution in [1.82, 2.24) is 0 Å². The fourth-order valence-electron chi connectivity index (χ4n) is 2.42. The lowest BCUT2D eigenvalue weighted by Crippen LogP contribution is -2.21. The Morgan fingerprint density at radius 3 is 2.39 bits per heavy atom. The van der Waals surface area contributed by atoms with Gasteiger partial charge in [-0.3, -0.25) is 4.79 Å². The summed E-state index contributed by atoms with van der Waals surface area (Å²) in [7, 11) is 3.06. The third kappa shape index (κ3) is 1.72. The maximum atomic E-state index is 11.4. The summed E-state index contributed by atoms with van der Waals surface area (Å²) >= 11 is 6.21. The molecule has 4 nitrogen and oxygen atoms in total. The van der Waals surface area contributed by atoms with Crippen molar-refractivity contribution in [2.24, 2.45) is 0 Å². The summed E-state index contributed by atoms with van der Waals surface area (Å²) < 4.78 is 10.5. The van der Waals surface area contributed by atoms with Crippen LogP contribution in [-0.2, 0) is 10.2 Å². The number of rotatable bonds is 4. The molecular formula is C13H15ClO4. The van der Waals surface area contributed by atoms with Gasteiger partial charge in [-0.1, -0.05) is 11.6 Å². The van der Waals surface area contributed by atoms with Gasteiger partial charge in [0.05, 0.1) is 19.6 Å². The number of carbonyl (C=O) groups is 1. The molecule has 0 saturated heterocycles. The number of hydrogen-bond acceptors (Lipinski definition) is 3. The number of halogens is 1. The van der Waals surface area contributed by atoms with Gasteiger partial charge in [0.1, 0.15) is 0 Å². The van der Waals surface area contributed by atoms with Crippen molar-refractivity contribution in [3.8, 4) is 11.5 Å². The molecule has 0 atom stereocenters. The molecule has 18 heavy (non-hydrogen) atoms. The molecule has 1 aromatic rings. The maximum absolute atomic E-state index is 11.4. The van der Waals surface area contributed by atoms with E-state index in [-0.39, 0.29) is 0 Å². The quantitative estimate of drug-likeness (QED) is 0.914. The molecular weight excluding hydrogens is 256 g/mol. The Hall–Kier alpha value is -1.42. The second-order valence-corrected chi connectivity index (χ2v) is 4.89. The summed E-state index contributed by atoms with van der Waals surface area (Å²) in [5.41, 5.74) is 0.539. The molecule has 1 aliphatic carbocycles. The predicted molar refractivity (Wildman–Crippen MR) is 67.8 cm³/mol. The van der Waals surface area contributed by atoms with Gasteiger partial charge in [-0.15, -0.1) is 0 Å². The standard InChI is InChI=1S/C13H15ClO4/c1-7-10(13(4-5-13)12(15)16)8(14)6-9(17-2)11(7)18-3/h6H,4-5H2,1-3H3,(H,15,16). The van der Waals surface area contributed by atoms with E-state index in [2.05, 4.69) is 0 Å². The topological polar surface area (TPSA) is 55.8 Å². The van der Waals surface area contributed by atoms with Crippen LogP contribution in [0.5, 0.6) is 11.5 Å². The molecule has 0 spiro atoms. The number of hydrogen-bond donors (Lipinski definition) is 1. The van der Waals surface area contributed by atoms with Gasteiger partial charge in [0, 0.05) is 16.7 Å². The number of benzene rings is 1. The SMILES string of the molecule is COc1cc(Cl)c(C2(C(=O)O)CC2)c(C)c1OC. The smallest absolute Gasteiger partial charge is 0.314 e. The lowest BCUT2D eigenvalue weighted by atomic mass is 9.91. The van der Waals surface area contributed by atoms with E-state index in [0.717, 1.165) is 5.56 Å². The van der Waals surface area contributed by atoms with Crippen LogP contribution in [0.4, 0.5) is 0 Å². The summed E-state index contributed by atoms with van der Waals surface area (Å²) in [4.78, 5) is 11.4. The van der Waals surface area contributed by atoms with Crippen LogP contribution in [0.2, 0.25) is 5.02 Å². The summed E-state index contributed by atoms with van der Waals surface area (Å²) in [6.45, 7) is 1.81. The number of carboxylic acid groups (broad SMARTS) is 1. The number of carboxylic acids is 1.